The van der Waals surface area contributed by atoms with Crippen LogP contribution in [0.5, 0.6) is 5.75 Å². The molecule has 23 heavy (non-hydrogen) atoms. The predicted octanol–water partition coefficient (Wildman–Crippen LogP) is 3.50. The van der Waals surface area contributed by atoms with Crippen LogP contribution in [0.1, 0.15) is 16.1 Å². The number of carbonyl (C=O) groups excluding carboxylic acids is 1. The van der Waals surface area contributed by atoms with Gasteiger partial charge in [0.1, 0.15) is 18.1 Å². The van der Waals surface area contributed by atoms with E-state index in [1.54, 1.807) is 48.5 Å². The van der Waals surface area contributed by atoms with Crippen LogP contribution in [-0.2, 0) is 13.7 Å². The molecule has 0 unspecified atom stereocenters. The zero-order valence-electron chi connectivity index (χ0n) is 12.3. The van der Waals surface area contributed by atoms with Gasteiger partial charge in [-0.1, -0.05) is 11.6 Å². The highest BCUT2D eigenvalue weighted by atomic mass is 35.5. The molecule has 0 fully saturated rings. The van der Waals surface area contributed by atoms with Gasteiger partial charge in [0.2, 0.25) is 0 Å². The van der Waals surface area contributed by atoms with Crippen molar-refractivity contribution in [2.45, 2.75) is 6.61 Å². The summed E-state index contributed by atoms with van der Waals surface area (Å²) in [7, 11) is 1.75. The molecular formula is C16H14ClN3O3. The maximum Gasteiger partial charge on any atom is 0.258 e. The number of hydrogen-bond donors (Lipinski definition) is 1. The highest BCUT2D eigenvalue weighted by Gasteiger charge is 2.10. The average Bonchev–Trinajstić information content (AvgIpc) is 3.18. The molecule has 0 saturated heterocycles. The number of nitrogens with zero attached hydrogens (tertiary/aromatic N) is 2. The Morgan fingerprint density at radius 1 is 1.43 bits per heavy atom. The molecule has 1 N–H and O–H groups in total. The van der Waals surface area contributed by atoms with E-state index in [2.05, 4.69) is 10.4 Å². The number of carbonyl (C=O) groups is 1. The summed E-state index contributed by atoms with van der Waals surface area (Å²) in [5.74, 6) is 0.968. The number of aryl methyl sites for hydroxylation is 1. The molecule has 0 aliphatic rings. The van der Waals surface area contributed by atoms with Crippen molar-refractivity contribution < 1.29 is 13.9 Å². The van der Waals surface area contributed by atoms with Crippen molar-refractivity contribution in [3.8, 4) is 5.75 Å². The first-order chi connectivity index (χ1) is 11.1. The summed E-state index contributed by atoms with van der Waals surface area (Å²) in [5.41, 5.74) is 1.05. The highest BCUT2D eigenvalue weighted by Crippen LogP contribution is 2.28. The van der Waals surface area contributed by atoms with Crippen LogP contribution < -0.4 is 10.1 Å². The molecule has 6 nitrogen and oxygen atoms in total. The molecule has 0 atom stereocenters. The van der Waals surface area contributed by atoms with Gasteiger partial charge in [0, 0.05) is 18.9 Å². The van der Waals surface area contributed by atoms with E-state index in [-0.39, 0.29) is 12.5 Å². The SMILES string of the molecule is Cn1cc(C(=O)Nc2ccc(OCc3ccco3)c(Cl)c2)cn1. The lowest BCUT2D eigenvalue weighted by atomic mass is 10.2. The topological polar surface area (TPSA) is 69.3 Å². The minimum atomic E-state index is -0.251. The summed E-state index contributed by atoms with van der Waals surface area (Å²) in [4.78, 5) is 12.1. The Balaban J connectivity index is 1.65. The summed E-state index contributed by atoms with van der Waals surface area (Å²) in [6, 6.07) is 8.66. The maximum absolute atomic E-state index is 12.1. The molecule has 1 amide bonds. The van der Waals surface area contributed by atoms with Crippen LogP contribution in [0.15, 0.2) is 53.4 Å². The summed E-state index contributed by atoms with van der Waals surface area (Å²) in [5, 5.41) is 7.12. The van der Waals surface area contributed by atoms with Crippen molar-refractivity contribution in [1.82, 2.24) is 9.78 Å². The normalized spacial score (nSPS) is 10.5. The van der Waals surface area contributed by atoms with Crippen LogP contribution in [-0.4, -0.2) is 15.7 Å². The Labute approximate surface area is 137 Å². The van der Waals surface area contributed by atoms with Gasteiger partial charge in [-0.15, -0.1) is 0 Å². The number of rotatable bonds is 5. The fourth-order valence-electron chi connectivity index (χ4n) is 1.98. The van der Waals surface area contributed by atoms with E-state index >= 15 is 0 Å². The Morgan fingerprint density at radius 3 is 2.96 bits per heavy atom. The van der Waals surface area contributed by atoms with E-state index in [1.165, 1.54) is 6.20 Å². The van der Waals surface area contributed by atoms with E-state index in [9.17, 15) is 4.79 Å². The summed E-state index contributed by atoms with van der Waals surface area (Å²) >= 11 is 6.18. The third kappa shape index (κ3) is 3.73. The number of halogens is 1. The molecule has 3 aromatic rings. The van der Waals surface area contributed by atoms with Crippen LogP contribution in [0.3, 0.4) is 0 Å². The Hall–Kier alpha value is -2.73. The minimum Gasteiger partial charge on any atom is -0.484 e. The number of ether oxygens (including phenoxy) is 1. The molecule has 3 rings (SSSR count). The zero-order valence-corrected chi connectivity index (χ0v) is 13.1. The lowest BCUT2D eigenvalue weighted by molar-refractivity contribution is 0.102. The first-order valence-corrected chi connectivity index (χ1v) is 7.24. The van der Waals surface area contributed by atoms with E-state index in [1.807, 2.05) is 6.07 Å². The second kappa shape index (κ2) is 6.58. The van der Waals surface area contributed by atoms with Gasteiger partial charge in [0.05, 0.1) is 23.0 Å². The third-order valence-electron chi connectivity index (χ3n) is 3.11. The molecular weight excluding hydrogens is 318 g/mol. The lowest BCUT2D eigenvalue weighted by Gasteiger charge is -2.09. The largest absolute Gasteiger partial charge is 0.484 e. The molecule has 0 aliphatic heterocycles. The maximum atomic E-state index is 12.1. The van der Waals surface area contributed by atoms with Crippen LogP contribution in [0.25, 0.3) is 0 Å². The Bertz CT molecular complexity index is 812. The van der Waals surface area contributed by atoms with Crippen molar-refractivity contribution in [2.24, 2.45) is 7.05 Å². The second-order valence-corrected chi connectivity index (χ2v) is 5.28. The van der Waals surface area contributed by atoms with Gasteiger partial charge in [0.15, 0.2) is 0 Å². The van der Waals surface area contributed by atoms with Crippen LogP contribution in [0.2, 0.25) is 5.02 Å². The molecule has 0 aliphatic carbocycles. The van der Waals surface area contributed by atoms with Gasteiger partial charge in [-0.2, -0.15) is 5.10 Å². The first-order valence-electron chi connectivity index (χ1n) is 6.86. The zero-order chi connectivity index (χ0) is 16.2. The number of anilines is 1. The van der Waals surface area contributed by atoms with Crippen molar-refractivity contribution in [2.75, 3.05) is 5.32 Å². The molecule has 2 heterocycles. The van der Waals surface area contributed by atoms with Crippen molar-refractivity contribution in [1.29, 1.82) is 0 Å². The average molecular weight is 332 g/mol. The highest BCUT2D eigenvalue weighted by molar-refractivity contribution is 6.32. The summed E-state index contributed by atoms with van der Waals surface area (Å²) in [6.07, 6.45) is 4.72. The minimum absolute atomic E-state index is 0.251. The molecule has 0 radical (unpaired) electrons. The monoisotopic (exact) mass is 331 g/mol. The van der Waals surface area contributed by atoms with Gasteiger partial charge < -0.3 is 14.5 Å². The van der Waals surface area contributed by atoms with Crippen molar-refractivity contribution in [3.05, 3.63) is 65.3 Å². The fourth-order valence-corrected chi connectivity index (χ4v) is 2.22. The van der Waals surface area contributed by atoms with Crippen LogP contribution in [0.4, 0.5) is 5.69 Å². The van der Waals surface area contributed by atoms with Crippen LogP contribution >= 0.6 is 11.6 Å². The van der Waals surface area contributed by atoms with Crippen molar-refractivity contribution >= 4 is 23.2 Å². The smallest absolute Gasteiger partial charge is 0.258 e. The van der Waals surface area contributed by atoms with E-state index < -0.39 is 0 Å². The third-order valence-corrected chi connectivity index (χ3v) is 3.40. The Kier molecular flexibility index (Phi) is 4.34. The van der Waals surface area contributed by atoms with Crippen LogP contribution in [0, 0.1) is 0 Å². The predicted molar refractivity (Wildman–Crippen MR) is 85.7 cm³/mol. The Morgan fingerprint density at radius 2 is 2.30 bits per heavy atom. The van der Waals surface area contributed by atoms with Gasteiger partial charge in [0.25, 0.3) is 5.91 Å². The van der Waals surface area contributed by atoms with Gasteiger partial charge >= 0.3 is 0 Å². The number of hydrogen-bond acceptors (Lipinski definition) is 4. The standard InChI is InChI=1S/C16H14ClN3O3/c1-20-9-11(8-18-20)16(21)19-12-4-5-15(14(17)7-12)23-10-13-3-2-6-22-13/h2-9H,10H2,1H3,(H,19,21). The number of benzene rings is 1. The molecule has 1 aromatic carbocycles. The van der Waals surface area contributed by atoms with Gasteiger partial charge in [-0.05, 0) is 30.3 Å². The van der Waals surface area contributed by atoms with E-state index in [0.717, 1.165) is 0 Å². The van der Waals surface area contributed by atoms with E-state index in [4.69, 9.17) is 20.8 Å². The lowest BCUT2D eigenvalue weighted by Crippen LogP contribution is -2.11. The molecule has 118 valence electrons. The number of nitrogens with one attached hydrogen (secondary N) is 1. The fraction of sp³-hybridized carbons (Fsp3) is 0.125. The molecule has 0 bridgehead atoms. The number of amides is 1. The number of aromatic nitrogens is 2. The summed E-state index contributed by atoms with van der Waals surface area (Å²) in [6.45, 7) is 0.286. The molecule has 7 heteroatoms. The first kappa shape index (κ1) is 15.2. The molecule has 0 spiro atoms. The molecule has 0 saturated carbocycles. The van der Waals surface area contributed by atoms with Gasteiger partial charge in [-0.3, -0.25) is 9.48 Å². The van der Waals surface area contributed by atoms with Crippen molar-refractivity contribution in [3.63, 3.8) is 0 Å². The quantitative estimate of drug-likeness (QED) is 0.777. The summed E-state index contributed by atoms with van der Waals surface area (Å²) < 4.78 is 12.3. The molecule has 2 aromatic heterocycles. The second-order valence-electron chi connectivity index (χ2n) is 4.87. The number of furan rings is 1. The van der Waals surface area contributed by atoms with E-state index in [0.29, 0.717) is 27.8 Å². The van der Waals surface area contributed by atoms with Gasteiger partial charge in [-0.25, -0.2) is 0 Å².